The van der Waals surface area contributed by atoms with E-state index in [1.54, 1.807) is 11.3 Å². The van der Waals surface area contributed by atoms with E-state index in [-0.39, 0.29) is 0 Å². The van der Waals surface area contributed by atoms with Crippen LogP contribution in [-0.4, -0.2) is 4.98 Å². The lowest BCUT2D eigenvalue weighted by Crippen LogP contribution is -1.76. The highest BCUT2D eigenvalue weighted by atomic mass is 32.1. The maximum absolute atomic E-state index is 4.35. The predicted molar refractivity (Wildman–Crippen MR) is 52.3 cm³/mol. The Kier molecular flexibility index (Phi) is 5.12. The van der Waals surface area contributed by atoms with Crippen molar-refractivity contribution in [3.8, 4) is 0 Å². The highest BCUT2D eigenvalue weighted by Gasteiger charge is 1.98. The Morgan fingerprint density at radius 1 is 1.27 bits per heavy atom. The van der Waals surface area contributed by atoms with Crippen molar-refractivity contribution in [3.63, 3.8) is 0 Å². The van der Waals surface area contributed by atoms with Crippen molar-refractivity contribution in [2.24, 2.45) is 0 Å². The quantitative estimate of drug-likeness (QED) is 0.631. The first kappa shape index (κ1) is 10.6. The number of nitrogens with zero attached hydrogens (tertiary/aromatic N) is 1. The predicted octanol–water partition coefficient (Wildman–Crippen LogP) is 3.35. The molecule has 64 valence electrons. The van der Waals surface area contributed by atoms with E-state index in [0.717, 1.165) is 6.42 Å². The molecule has 1 heterocycles. The molecule has 0 atom stereocenters. The van der Waals surface area contributed by atoms with Crippen LogP contribution in [0.3, 0.4) is 0 Å². The van der Waals surface area contributed by atoms with Crippen molar-refractivity contribution in [1.29, 1.82) is 0 Å². The molecule has 1 rings (SSSR count). The Balaban J connectivity index is 0.000000461. The Hall–Kier alpha value is -0.370. The maximum Gasteiger partial charge on any atom is 0.0928 e. The second-order valence-corrected chi connectivity index (χ2v) is 3.39. The molecule has 0 N–H and O–H groups in total. The van der Waals surface area contributed by atoms with E-state index < -0.39 is 0 Å². The van der Waals surface area contributed by atoms with Crippen molar-refractivity contribution in [2.45, 2.75) is 41.0 Å². The summed E-state index contributed by atoms with van der Waals surface area (Å²) in [5, 5.41) is 1.25. The van der Waals surface area contributed by atoms with Crippen molar-refractivity contribution in [2.75, 3.05) is 0 Å². The van der Waals surface area contributed by atoms with Crippen LogP contribution in [0.2, 0.25) is 0 Å². The monoisotopic (exact) mass is 171 g/mol. The van der Waals surface area contributed by atoms with E-state index in [1.807, 2.05) is 13.8 Å². The summed E-state index contributed by atoms with van der Waals surface area (Å²) >= 11 is 1.80. The molecule has 0 unspecified atom stereocenters. The van der Waals surface area contributed by atoms with E-state index in [4.69, 9.17) is 0 Å². The molecule has 0 saturated heterocycles. The molecule has 1 aromatic heterocycles. The molecule has 0 bridgehead atoms. The van der Waals surface area contributed by atoms with Crippen LogP contribution >= 0.6 is 11.3 Å². The molecule has 0 aliphatic rings. The fourth-order valence-corrected chi connectivity index (χ4v) is 1.56. The molecule has 0 aliphatic carbocycles. The van der Waals surface area contributed by atoms with Gasteiger partial charge < -0.3 is 0 Å². The summed E-state index contributed by atoms with van der Waals surface area (Å²) in [5.41, 5.74) is 1.19. The van der Waals surface area contributed by atoms with Gasteiger partial charge in [-0.25, -0.2) is 4.98 Å². The largest absolute Gasteiger partial charge is 0.246 e. The zero-order valence-electron chi connectivity index (χ0n) is 8.06. The van der Waals surface area contributed by atoms with Crippen LogP contribution < -0.4 is 0 Å². The van der Waals surface area contributed by atoms with Crippen LogP contribution in [0.15, 0.2) is 0 Å². The van der Waals surface area contributed by atoms with Crippen molar-refractivity contribution in [1.82, 2.24) is 4.98 Å². The fraction of sp³-hybridized carbons (Fsp3) is 0.667. The van der Waals surface area contributed by atoms with Crippen molar-refractivity contribution in [3.05, 3.63) is 15.6 Å². The summed E-state index contributed by atoms with van der Waals surface area (Å²) in [5.74, 6) is 0. The number of hydrogen-bond acceptors (Lipinski definition) is 2. The molecule has 0 fully saturated rings. The van der Waals surface area contributed by atoms with Gasteiger partial charge in [-0.3, -0.25) is 0 Å². The molecule has 0 radical (unpaired) electrons. The molecule has 11 heavy (non-hydrogen) atoms. The van der Waals surface area contributed by atoms with E-state index in [9.17, 15) is 0 Å². The molecule has 1 aromatic rings. The van der Waals surface area contributed by atoms with Gasteiger partial charge in [-0.05, 0) is 20.3 Å². The van der Waals surface area contributed by atoms with Crippen LogP contribution in [0, 0.1) is 13.8 Å². The molecule has 0 amide bonds. The van der Waals surface area contributed by atoms with Gasteiger partial charge in [0.1, 0.15) is 0 Å². The Bertz CT molecular complexity index is 184. The molecule has 0 aromatic carbocycles. The minimum Gasteiger partial charge on any atom is -0.246 e. The SMILES string of the molecule is CC.CCc1nc(C)c(C)s1. The smallest absolute Gasteiger partial charge is 0.0928 e. The lowest BCUT2D eigenvalue weighted by atomic mass is 10.4. The highest BCUT2D eigenvalue weighted by molar-refractivity contribution is 7.11. The zero-order valence-corrected chi connectivity index (χ0v) is 8.88. The van der Waals surface area contributed by atoms with Gasteiger partial charge >= 0.3 is 0 Å². The third-order valence-corrected chi connectivity index (χ3v) is 2.59. The molecule has 1 nitrogen and oxygen atoms in total. The minimum absolute atomic E-state index is 1.07. The van der Waals surface area contributed by atoms with Crippen LogP contribution in [0.25, 0.3) is 0 Å². The molecular formula is C9H17NS. The van der Waals surface area contributed by atoms with Crippen molar-refractivity contribution >= 4 is 11.3 Å². The summed E-state index contributed by atoms with van der Waals surface area (Å²) in [7, 11) is 0. The van der Waals surface area contributed by atoms with E-state index in [0.29, 0.717) is 0 Å². The lowest BCUT2D eigenvalue weighted by molar-refractivity contribution is 1.06. The Morgan fingerprint density at radius 2 is 1.82 bits per heavy atom. The summed E-state index contributed by atoms with van der Waals surface area (Å²) in [6, 6.07) is 0. The van der Waals surface area contributed by atoms with E-state index in [2.05, 4.69) is 25.8 Å². The lowest BCUT2D eigenvalue weighted by Gasteiger charge is -1.79. The minimum atomic E-state index is 1.07. The normalized spacial score (nSPS) is 8.82. The number of aryl methyl sites for hydroxylation is 3. The van der Waals surface area contributed by atoms with Gasteiger partial charge in [0.15, 0.2) is 0 Å². The second kappa shape index (κ2) is 5.30. The Morgan fingerprint density at radius 3 is 2.00 bits per heavy atom. The summed E-state index contributed by atoms with van der Waals surface area (Å²) in [6.07, 6.45) is 1.07. The number of thiazole rings is 1. The molecule has 0 aliphatic heterocycles. The summed E-state index contributed by atoms with van der Waals surface area (Å²) < 4.78 is 0. The zero-order chi connectivity index (χ0) is 8.85. The van der Waals surface area contributed by atoms with Gasteiger partial charge in [0, 0.05) is 4.88 Å². The summed E-state index contributed by atoms with van der Waals surface area (Å²) in [6.45, 7) is 10.3. The number of rotatable bonds is 1. The van der Waals surface area contributed by atoms with Gasteiger partial charge in [-0.1, -0.05) is 20.8 Å². The Labute approximate surface area is 73.5 Å². The molecule has 0 saturated carbocycles. The first-order valence-corrected chi connectivity index (χ1v) is 4.98. The van der Waals surface area contributed by atoms with Gasteiger partial charge in [-0.2, -0.15) is 0 Å². The van der Waals surface area contributed by atoms with E-state index >= 15 is 0 Å². The average Bonchev–Trinajstić information content (AvgIpc) is 2.36. The van der Waals surface area contributed by atoms with Gasteiger partial charge in [-0.15, -0.1) is 11.3 Å². The highest BCUT2D eigenvalue weighted by Crippen LogP contribution is 2.15. The second-order valence-electron chi connectivity index (χ2n) is 2.10. The molecule has 2 heteroatoms. The van der Waals surface area contributed by atoms with Gasteiger partial charge in [0.25, 0.3) is 0 Å². The maximum atomic E-state index is 4.35. The van der Waals surface area contributed by atoms with Gasteiger partial charge in [0.2, 0.25) is 0 Å². The van der Waals surface area contributed by atoms with Crippen LogP contribution in [0.4, 0.5) is 0 Å². The third-order valence-electron chi connectivity index (χ3n) is 1.38. The number of aromatic nitrogens is 1. The standard InChI is InChI=1S/C7H11NS.C2H6/c1-4-7-8-5(2)6(3)9-7;1-2/h4H2,1-3H3;1-2H3. The summed E-state index contributed by atoms with van der Waals surface area (Å²) in [4.78, 5) is 5.70. The fourth-order valence-electron chi connectivity index (χ4n) is 0.690. The van der Waals surface area contributed by atoms with Crippen LogP contribution in [0.1, 0.15) is 36.3 Å². The topological polar surface area (TPSA) is 12.9 Å². The average molecular weight is 171 g/mol. The van der Waals surface area contributed by atoms with E-state index in [1.165, 1.54) is 15.6 Å². The third kappa shape index (κ3) is 3.02. The first-order valence-electron chi connectivity index (χ1n) is 4.17. The number of hydrogen-bond donors (Lipinski definition) is 0. The molecular weight excluding hydrogens is 154 g/mol. The molecule has 0 spiro atoms. The van der Waals surface area contributed by atoms with Crippen LogP contribution in [-0.2, 0) is 6.42 Å². The van der Waals surface area contributed by atoms with Crippen LogP contribution in [0.5, 0.6) is 0 Å². The first-order chi connectivity index (χ1) is 5.24. The van der Waals surface area contributed by atoms with Gasteiger partial charge in [0.05, 0.1) is 10.7 Å². The van der Waals surface area contributed by atoms with Crippen molar-refractivity contribution < 1.29 is 0 Å².